The highest BCUT2D eigenvalue weighted by atomic mass is 16.5. The molecule has 1 rings (SSSR count). The lowest BCUT2D eigenvalue weighted by Gasteiger charge is -2.20. The van der Waals surface area contributed by atoms with Gasteiger partial charge in [-0.05, 0) is 26.0 Å². The predicted molar refractivity (Wildman–Crippen MR) is 72.2 cm³/mol. The Morgan fingerprint density at radius 2 is 2.10 bits per heavy atom. The average Bonchev–Trinajstić information content (AvgIpc) is 2.86. The lowest BCUT2D eigenvalue weighted by Crippen LogP contribution is -2.31. The highest BCUT2D eigenvalue weighted by molar-refractivity contribution is 5.87. The summed E-state index contributed by atoms with van der Waals surface area (Å²) >= 11 is 0. The van der Waals surface area contributed by atoms with Gasteiger partial charge in [-0.2, -0.15) is 0 Å². The Bertz CT molecular complexity index is 441. The molecule has 0 aliphatic rings. The van der Waals surface area contributed by atoms with Gasteiger partial charge >= 0.3 is 11.9 Å². The number of carbonyl (C=O) groups is 2. The van der Waals surface area contributed by atoms with E-state index in [2.05, 4.69) is 4.74 Å². The van der Waals surface area contributed by atoms with Crippen molar-refractivity contribution < 1.29 is 23.5 Å². The van der Waals surface area contributed by atoms with Crippen molar-refractivity contribution in [2.24, 2.45) is 0 Å². The average molecular weight is 283 g/mol. The zero-order valence-electron chi connectivity index (χ0n) is 12.2. The smallest absolute Gasteiger partial charge is 0.374 e. The zero-order chi connectivity index (χ0) is 15.0. The predicted octanol–water partition coefficient (Wildman–Crippen LogP) is 1.84. The Labute approximate surface area is 118 Å². The third-order valence-corrected chi connectivity index (χ3v) is 2.71. The fraction of sp³-hybridized carbons (Fsp3) is 0.571. The number of methoxy groups -OCH3 is 1. The second-order valence-corrected chi connectivity index (χ2v) is 4.28. The number of furan rings is 1. The summed E-state index contributed by atoms with van der Waals surface area (Å²) in [7, 11) is 1.30. The molecule has 0 aromatic carbocycles. The summed E-state index contributed by atoms with van der Waals surface area (Å²) in [5, 5.41) is 0. The molecule has 6 nitrogen and oxygen atoms in total. The normalized spacial score (nSPS) is 10.6. The van der Waals surface area contributed by atoms with Gasteiger partial charge < -0.3 is 13.9 Å². The van der Waals surface area contributed by atoms with Crippen LogP contribution < -0.4 is 0 Å². The van der Waals surface area contributed by atoms with E-state index in [9.17, 15) is 9.59 Å². The van der Waals surface area contributed by atoms with Gasteiger partial charge in [-0.15, -0.1) is 0 Å². The van der Waals surface area contributed by atoms with Gasteiger partial charge in [0.25, 0.3) is 0 Å². The van der Waals surface area contributed by atoms with E-state index in [1.165, 1.54) is 13.4 Å². The summed E-state index contributed by atoms with van der Waals surface area (Å²) in [5.41, 5.74) is 0.703. The van der Waals surface area contributed by atoms with Crippen LogP contribution in [0.5, 0.6) is 0 Å². The molecule has 112 valence electrons. The molecule has 0 bridgehead atoms. The molecular weight excluding hydrogens is 262 g/mol. The van der Waals surface area contributed by atoms with Crippen molar-refractivity contribution in [2.45, 2.75) is 26.8 Å². The molecule has 0 atom stereocenters. The third kappa shape index (κ3) is 4.70. The number of rotatable bonds is 8. The highest BCUT2D eigenvalue weighted by Gasteiger charge is 2.19. The molecule has 6 heteroatoms. The van der Waals surface area contributed by atoms with E-state index in [1.807, 2.05) is 11.8 Å². The first-order valence-corrected chi connectivity index (χ1v) is 6.65. The van der Waals surface area contributed by atoms with Crippen LogP contribution >= 0.6 is 0 Å². The lowest BCUT2D eigenvalue weighted by molar-refractivity contribution is -0.144. The molecule has 0 radical (unpaired) electrons. The van der Waals surface area contributed by atoms with E-state index in [0.717, 1.165) is 13.0 Å². The largest absolute Gasteiger partial charge is 0.465 e. The third-order valence-electron chi connectivity index (χ3n) is 2.71. The van der Waals surface area contributed by atoms with Crippen molar-refractivity contribution >= 4 is 11.9 Å². The van der Waals surface area contributed by atoms with E-state index in [0.29, 0.717) is 18.7 Å². The summed E-state index contributed by atoms with van der Waals surface area (Å²) in [6, 6.07) is 1.71. The fourth-order valence-corrected chi connectivity index (χ4v) is 1.89. The molecule has 1 heterocycles. The topological polar surface area (TPSA) is 69.0 Å². The van der Waals surface area contributed by atoms with Crippen LogP contribution in [0.25, 0.3) is 0 Å². The molecule has 0 saturated carbocycles. The van der Waals surface area contributed by atoms with Crippen LogP contribution in [0.15, 0.2) is 16.7 Å². The van der Waals surface area contributed by atoms with Crippen LogP contribution in [-0.2, 0) is 20.8 Å². The molecular formula is C14H21NO5. The lowest BCUT2D eigenvalue weighted by atomic mass is 10.2. The minimum absolute atomic E-state index is 0.178. The van der Waals surface area contributed by atoms with Gasteiger partial charge in [0.15, 0.2) is 0 Å². The van der Waals surface area contributed by atoms with Gasteiger partial charge in [-0.1, -0.05) is 6.92 Å². The fourth-order valence-electron chi connectivity index (χ4n) is 1.89. The van der Waals surface area contributed by atoms with E-state index in [1.54, 1.807) is 13.0 Å². The SMILES string of the molecule is CCCN(CC(=O)OCC)Cc1ccoc1C(=O)OC. The first-order chi connectivity index (χ1) is 9.62. The van der Waals surface area contributed by atoms with E-state index < -0.39 is 5.97 Å². The zero-order valence-corrected chi connectivity index (χ0v) is 12.2. The van der Waals surface area contributed by atoms with Gasteiger partial charge in [-0.3, -0.25) is 9.69 Å². The molecule has 0 N–H and O–H groups in total. The van der Waals surface area contributed by atoms with E-state index >= 15 is 0 Å². The molecule has 0 saturated heterocycles. The molecule has 0 spiro atoms. The quantitative estimate of drug-likeness (QED) is 0.678. The Kier molecular flexibility index (Phi) is 6.79. The standard InChI is InChI=1S/C14H21NO5/c1-4-7-15(10-12(16)19-5-2)9-11-6-8-20-13(11)14(17)18-3/h6,8H,4-5,7,9-10H2,1-3H3. The number of hydrogen-bond donors (Lipinski definition) is 0. The van der Waals surface area contributed by atoms with Crippen molar-refractivity contribution in [3.63, 3.8) is 0 Å². The number of esters is 2. The van der Waals surface area contributed by atoms with Gasteiger partial charge in [0.05, 0.1) is 26.5 Å². The first-order valence-electron chi connectivity index (χ1n) is 6.65. The second kappa shape index (κ2) is 8.37. The number of nitrogens with zero attached hydrogens (tertiary/aromatic N) is 1. The summed E-state index contributed by atoms with van der Waals surface area (Å²) in [4.78, 5) is 25.0. The van der Waals surface area contributed by atoms with Crippen LogP contribution in [0.4, 0.5) is 0 Å². The van der Waals surface area contributed by atoms with Crippen molar-refractivity contribution in [1.82, 2.24) is 4.90 Å². The van der Waals surface area contributed by atoms with Crippen molar-refractivity contribution in [3.8, 4) is 0 Å². The second-order valence-electron chi connectivity index (χ2n) is 4.28. The van der Waals surface area contributed by atoms with Crippen molar-refractivity contribution in [2.75, 3.05) is 26.8 Å². The molecule has 0 fully saturated rings. The number of ether oxygens (including phenoxy) is 2. The molecule has 0 amide bonds. The van der Waals surface area contributed by atoms with Crippen molar-refractivity contribution in [3.05, 3.63) is 23.7 Å². The summed E-state index contributed by atoms with van der Waals surface area (Å²) in [5.74, 6) is -0.612. The van der Waals surface area contributed by atoms with Crippen LogP contribution in [0.3, 0.4) is 0 Å². The van der Waals surface area contributed by atoms with Crippen molar-refractivity contribution in [1.29, 1.82) is 0 Å². The first kappa shape index (κ1) is 16.2. The van der Waals surface area contributed by atoms with Crippen LogP contribution in [0.1, 0.15) is 36.4 Å². The van der Waals surface area contributed by atoms with Crippen LogP contribution in [0.2, 0.25) is 0 Å². The summed E-state index contributed by atoms with van der Waals surface area (Å²) in [6.07, 6.45) is 2.33. The van der Waals surface area contributed by atoms with Gasteiger partial charge in [0.1, 0.15) is 0 Å². The van der Waals surface area contributed by atoms with E-state index in [-0.39, 0.29) is 18.3 Å². The summed E-state index contributed by atoms with van der Waals surface area (Å²) in [6.45, 7) is 5.51. The molecule has 0 aliphatic heterocycles. The van der Waals surface area contributed by atoms with Gasteiger partial charge in [-0.25, -0.2) is 4.79 Å². The molecule has 0 unspecified atom stereocenters. The molecule has 1 aromatic rings. The van der Waals surface area contributed by atoms with Gasteiger partial charge in [0, 0.05) is 12.1 Å². The minimum Gasteiger partial charge on any atom is -0.465 e. The van der Waals surface area contributed by atoms with Gasteiger partial charge in [0.2, 0.25) is 5.76 Å². The van der Waals surface area contributed by atoms with Crippen LogP contribution in [0, 0.1) is 0 Å². The Hall–Kier alpha value is -1.82. The summed E-state index contributed by atoms with van der Waals surface area (Å²) < 4.78 is 14.7. The van der Waals surface area contributed by atoms with Crippen LogP contribution in [-0.4, -0.2) is 43.6 Å². The minimum atomic E-state index is -0.516. The molecule has 20 heavy (non-hydrogen) atoms. The number of carbonyl (C=O) groups excluding carboxylic acids is 2. The Morgan fingerprint density at radius 1 is 1.35 bits per heavy atom. The maximum Gasteiger partial charge on any atom is 0.374 e. The Morgan fingerprint density at radius 3 is 2.70 bits per heavy atom. The maximum atomic E-state index is 11.6. The molecule has 0 aliphatic carbocycles. The maximum absolute atomic E-state index is 11.6. The molecule has 1 aromatic heterocycles. The number of hydrogen-bond acceptors (Lipinski definition) is 6. The monoisotopic (exact) mass is 283 g/mol. The Balaban J connectivity index is 2.72. The highest BCUT2D eigenvalue weighted by Crippen LogP contribution is 2.14. The van der Waals surface area contributed by atoms with E-state index in [4.69, 9.17) is 9.15 Å².